The average molecular weight is 363 g/mol. The molecule has 0 aliphatic carbocycles. The molecular formula is C14H19ClN2O5S. The summed E-state index contributed by atoms with van der Waals surface area (Å²) in [5, 5.41) is 22.0. The fourth-order valence-electron chi connectivity index (χ4n) is 3.39. The highest BCUT2D eigenvalue weighted by Crippen LogP contribution is 2.41. The summed E-state index contributed by atoms with van der Waals surface area (Å²) in [6.07, 6.45) is 0. The Hall–Kier alpha value is -1.19. The standard InChI is InChI=1S/C14H18N2O5S.ClH/c17-9-14-7-15-5-10(14)6-16(8-14)22(20,21)12-4-2-1-3-11(12)13(18)19;/h1-4,10,15,17H,5-9H2,(H,18,19);1H. The number of carbonyl (C=O) groups is 1. The first-order chi connectivity index (χ1) is 10.4. The number of fused-ring (bicyclic) bond motifs is 1. The van der Waals surface area contributed by atoms with Crippen molar-refractivity contribution in [1.82, 2.24) is 9.62 Å². The summed E-state index contributed by atoms with van der Waals surface area (Å²) in [6.45, 7) is 1.65. The first kappa shape index (κ1) is 18.2. The third-order valence-corrected chi connectivity index (χ3v) is 6.57. The van der Waals surface area contributed by atoms with E-state index in [1.54, 1.807) is 0 Å². The molecule has 0 bridgehead atoms. The van der Waals surface area contributed by atoms with Crippen LogP contribution in [0, 0.1) is 11.3 Å². The third-order valence-electron chi connectivity index (χ3n) is 4.70. The van der Waals surface area contributed by atoms with Crippen molar-refractivity contribution >= 4 is 28.4 Å². The molecule has 0 radical (unpaired) electrons. The van der Waals surface area contributed by atoms with E-state index < -0.39 is 21.4 Å². The van der Waals surface area contributed by atoms with Gasteiger partial charge in [0.2, 0.25) is 10.0 Å². The van der Waals surface area contributed by atoms with E-state index in [4.69, 9.17) is 0 Å². The molecule has 1 aromatic carbocycles. The highest BCUT2D eigenvalue weighted by atomic mass is 35.5. The molecule has 0 aromatic heterocycles. The molecule has 0 saturated carbocycles. The maximum absolute atomic E-state index is 12.8. The molecule has 2 unspecified atom stereocenters. The molecule has 3 rings (SSSR count). The van der Waals surface area contributed by atoms with E-state index in [9.17, 15) is 23.4 Å². The summed E-state index contributed by atoms with van der Waals surface area (Å²) < 4.78 is 26.9. The minimum Gasteiger partial charge on any atom is -0.478 e. The number of halogens is 1. The van der Waals surface area contributed by atoms with Gasteiger partial charge in [-0.2, -0.15) is 4.31 Å². The molecule has 3 N–H and O–H groups in total. The van der Waals surface area contributed by atoms with Crippen LogP contribution in [-0.2, 0) is 10.0 Å². The number of sulfonamides is 1. The second kappa shape index (κ2) is 6.37. The molecule has 2 fully saturated rings. The molecule has 2 aliphatic rings. The van der Waals surface area contributed by atoms with Gasteiger partial charge in [0, 0.05) is 25.0 Å². The molecule has 2 aliphatic heterocycles. The smallest absolute Gasteiger partial charge is 0.337 e. The number of hydrogen-bond acceptors (Lipinski definition) is 5. The first-order valence-electron chi connectivity index (χ1n) is 7.05. The Bertz CT molecular complexity index is 711. The van der Waals surface area contributed by atoms with Gasteiger partial charge in [-0.1, -0.05) is 12.1 Å². The van der Waals surface area contributed by atoms with Crippen molar-refractivity contribution in [2.45, 2.75) is 4.90 Å². The van der Waals surface area contributed by atoms with Crippen LogP contribution < -0.4 is 5.32 Å². The van der Waals surface area contributed by atoms with Gasteiger partial charge in [-0.25, -0.2) is 13.2 Å². The van der Waals surface area contributed by atoms with Gasteiger partial charge in [0.1, 0.15) is 0 Å². The zero-order valence-electron chi connectivity index (χ0n) is 12.3. The number of benzene rings is 1. The van der Waals surface area contributed by atoms with Crippen LogP contribution in [0.5, 0.6) is 0 Å². The lowest BCUT2D eigenvalue weighted by molar-refractivity contribution is 0.0692. The van der Waals surface area contributed by atoms with E-state index in [-0.39, 0.29) is 41.9 Å². The molecule has 9 heteroatoms. The third kappa shape index (κ3) is 2.85. The topological polar surface area (TPSA) is 107 Å². The number of aliphatic hydroxyl groups is 1. The molecule has 128 valence electrons. The van der Waals surface area contributed by atoms with Gasteiger partial charge >= 0.3 is 5.97 Å². The van der Waals surface area contributed by atoms with Crippen LogP contribution in [0.2, 0.25) is 0 Å². The summed E-state index contributed by atoms with van der Waals surface area (Å²) in [5.74, 6) is -1.22. The number of rotatable bonds is 4. The lowest BCUT2D eigenvalue weighted by atomic mass is 9.82. The van der Waals surface area contributed by atoms with Crippen molar-refractivity contribution in [1.29, 1.82) is 0 Å². The van der Waals surface area contributed by atoms with E-state index in [0.29, 0.717) is 19.6 Å². The Balaban J connectivity index is 0.00000192. The number of carboxylic acids is 1. The molecular weight excluding hydrogens is 344 g/mol. The molecule has 0 amide bonds. The predicted molar refractivity (Wildman–Crippen MR) is 85.3 cm³/mol. The lowest BCUT2D eigenvalue weighted by Crippen LogP contribution is -2.38. The van der Waals surface area contributed by atoms with Crippen LogP contribution >= 0.6 is 12.4 Å². The Morgan fingerprint density at radius 2 is 2.09 bits per heavy atom. The summed E-state index contributed by atoms with van der Waals surface area (Å²) in [4.78, 5) is 11.1. The van der Waals surface area contributed by atoms with Gasteiger partial charge in [0.15, 0.2) is 0 Å². The van der Waals surface area contributed by atoms with Crippen LogP contribution in [0.1, 0.15) is 10.4 Å². The molecule has 23 heavy (non-hydrogen) atoms. The lowest BCUT2D eigenvalue weighted by Gasteiger charge is -2.25. The average Bonchev–Trinajstić information content (AvgIpc) is 3.04. The Morgan fingerprint density at radius 3 is 2.70 bits per heavy atom. The molecule has 7 nitrogen and oxygen atoms in total. The second-order valence-corrected chi connectivity index (χ2v) is 7.85. The highest BCUT2D eigenvalue weighted by Gasteiger charge is 2.52. The minimum atomic E-state index is -3.89. The number of nitrogens with zero attached hydrogens (tertiary/aromatic N) is 1. The van der Waals surface area contributed by atoms with Gasteiger partial charge in [-0.3, -0.25) is 0 Å². The number of aliphatic hydroxyl groups excluding tert-OH is 1. The largest absolute Gasteiger partial charge is 0.478 e. The van der Waals surface area contributed by atoms with E-state index in [1.165, 1.54) is 28.6 Å². The number of hydrogen-bond donors (Lipinski definition) is 3. The van der Waals surface area contributed by atoms with Crippen LogP contribution in [0.4, 0.5) is 0 Å². The summed E-state index contributed by atoms with van der Waals surface area (Å²) in [6, 6.07) is 5.62. The van der Waals surface area contributed by atoms with Crippen molar-refractivity contribution in [3.8, 4) is 0 Å². The number of aromatic carboxylic acids is 1. The second-order valence-electron chi connectivity index (χ2n) is 5.95. The van der Waals surface area contributed by atoms with Crippen LogP contribution in [-0.4, -0.2) is 61.7 Å². The predicted octanol–water partition coefficient (Wildman–Crippen LogP) is 0.00900. The molecule has 2 atom stereocenters. The quantitative estimate of drug-likeness (QED) is 0.696. The Labute approximate surface area is 140 Å². The van der Waals surface area contributed by atoms with Crippen LogP contribution in [0.3, 0.4) is 0 Å². The summed E-state index contributed by atoms with van der Waals surface area (Å²) >= 11 is 0. The normalized spacial score (nSPS) is 27.4. The fourth-order valence-corrected chi connectivity index (χ4v) is 5.15. The SMILES string of the molecule is Cl.O=C(O)c1ccccc1S(=O)(=O)N1CC2CNCC2(CO)C1. The van der Waals surface area contributed by atoms with Gasteiger partial charge < -0.3 is 15.5 Å². The zero-order chi connectivity index (χ0) is 16.0. The van der Waals surface area contributed by atoms with E-state index in [2.05, 4.69) is 5.32 Å². The molecule has 1 aromatic rings. The Morgan fingerprint density at radius 1 is 1.39 bits per heavy atom. The van der Waals surface area contributed by atoms with Crippen molar-refractivity contribution in [3.63, 3.8) is 0 Å². The van der Waals surface area contributed by atoms with Crippen molar-refractivity contribution in [3.05, 3.63) is 29.8 Å². The van der Waals surface area contributed by atoms with E-state index in [1.807, 2.05) is 0 Å². The van der Waals surface area contributed by atoms with Crippen molar-refractivity contribution in [2.75, 3.05) is 32.8 Å². The van der Waals surface area contributed by atoms with Gasteiger partial charge in [0.05, 0.1) is 17.1 Å². The van der Waals surface area contributed by atoms with E-state index in [0.717, 1.165) is 0 Å². The maximum atomic E-state index is 12.8. The van der Waals surface area contributed by atoms with Gasteiger partial charge in [-0.15, -0.1) is 12.4 Å². The van der Waals surface area contributed by atoms with Crippen molar-refractivity contribution in [2.24, 2.45) is 11.3 Å². The van der Waals surface area contributed by atoms with Crippen LogP contribution in [0.15, 0.2) is 29.2 Å². The van der Waals surface area contributed by atoms with Crippen molar-refractivity contribution < 1.29 is 23.4 Å². The number of carboxylic acid groups (broad SMARTS) is 1. The molecule has 2 saturated heterocycles. The minimum absolute atomic E-state index is 0. The molecule has 2 heterocycles. The number of nitrogens with one attached hydrogen (secondary N) is 1. The van der Waals surface area contributed by atoms with Gasteiger partial charge in [-0.05, 0) is 24.6 Å². The molecule has 0 spiro atoms. The van der Waals surface area contributed by atoms with E-state index >= 15 is 0 Å². The zero-order valence-corrected chi connectivity index (χ0v) is 13.9. The summed E-state index contributed by atoms with van der Waals surface area (Å²) in [7, 11) is -3.89. The fraction of sp³-hybridized carbons (Fsp3) is 0.500. The van der Waals surface area contributed by atoms with Gasteiger partial charge in [0.25, 0.3) is 0 Å². The Kier molecular flexibility index (Phi) is 5.03. The monoisotopic (exact) mass is 362 g/mol. The highest BCUT2D eigenvalue weighted by molar-refractivity contribution is 7.89. The first-order valence-corrected chi connectivity index (χ1v) is 8.49. The maximum Gasteiger partial charge on any atom is 0.337 e. The van der Waals surface area contributed by atoms with Crippen LogP contribution in [0.25, 0.3) is 0 Å². The summed E-state index contributed by atoms with van der Waals surface area (Å²) in [5.41, 5.74) is -0.693.